The molecular weight excluding hydrogens is 352 g/mol. The molecule has 2 aliphatic heterocycles. The number of carbonyl (C=O) groups is 1. The highest BCUT2D eigenvalue weighted by molar-refractivity contribution is 6.30. The molecule has 0 spiro atoms. The molecule has 2 aromatic rings. The first kappa shape index (κ1) is 17.6. The Kier molecular flexibility index (Phi) is 5.29. The number of rotatable bonds is 4. The van der Waals surface area contributed by atoms with Crippen LogP contribution < -0.4 is 0 Å². The van der Waals surface area contributed by atoms with Crippen molar-refractivity contribution in [1.82, 2.24) is 9.80 Å². The van der Waals surface area contributed by atoms with Gasteiger partial charge in [0.1, 0.15) is 5.76 Å². The second-order valence-corrected chi connectivity index (χ2v) is 7.34. The Morgan fingerprint density at radius 2 is 1.85 bits per heavy atom. The first-order valence-corrected chi connectivity index (χ1v) is 9.56. The van der Waals surface area contributed by atoms with Gasteiger partial charge in [-0.1, -0.05) is 11.6 Å². The molecule has 1 unspecified atom stereocenters. The summed E-state index contributed by atoms with van der Waals surface area (Å²) in [7, 11) is 0. The summed E-state index contributed by atoms with van der Waals surface area (Å²) < 4.78 is 11.5. The van der Waals surface area contributed by atoms with Crippen molar-refractivity contribution in [2.24, 2.45) is 0 Å². The van der Waals surface area contributed by atoms with E-state index in [0.717, 1.165) is 57.7 Å². The zero-order valence-corrected chi connectivity index (χ0v) is 15.5. The van der Waals surface area contributed by atoms with Crippen LogP contribution >= 0.6 is 11.6 Å². The van der Waals surface area contributed by atoms with Crippen molar-refractivity contribution >= 4 is 17.5 Å². The third-order valence-corrected chi connectivity index (χ3v) is 5.34. The second-order valence-electron chi connectivity index (χ2n) is 6.90. The summed E-state index contributed by atoms with van der Waals surface area (Å²) in [6.45, 7) is 5.08. The fraction of sp³-hybridized carbons (Fsp3) is 0.450. The van der Waals surface area contributed by atoms with Crippen LogP contribution in [0, 0.1) is 0 Å². The molecule has 4 rings (SSSR count). The molecule has 0 N–H and O–H groups in total. The molecule has 3 heterocycles. The minimum Gasteiger partial charge on any atom is -0.451 e. The van der Waals surface area contributed by atoms with E-state index in [1.54, 1.807) is 6.07 Å². The van der Waals surface area contributed by atoms with Crippen molar-refractivity contribution in [3.8, 4) is 11.3 Å². The molecule has 1 amide bonds. The van der Waals surface area contributed by atoms with Gasteiger partial charge in [0.2, 0.25) is 0 Å². The molecular formula is C20H23ClN2O3. The zero-order chi connectivity index (χ0) is 17.9. The number of furan rings is 1. The predicted molar refractivity (Wildman–Crippen MR) is 100 cm³/mol. The molecule has 0 bridgehead atoms. The molecule has 6 heteroatoms. The number of hydrogen-bond acceptors (Lipinski definition) is 4. The number of ether oxygens (including phenoxy) is 1. The average molecular weight is 375 g/mol. The smallest absolute Gasteiger partial charge is 0.289 e. The van der Waals surface area contributed by atoms with Crippen LogP contribution in [0.4, 0.5) is 0 Å². The minimum absolute atomic E-state index is 0.0398. The number of amides is 1. The quantitative estimate of drug-likeness (QED) is 0.821. The van der Waals surface area contributed by atoms with Crippen LogP contribution in [0.2, 0.25) is 5.02 Å². The zero-order valence-electron chi connectivity index (χ0n) is 14.7. The summed E-state index contributed by atoms with van der Waals surface area (Å²) in [5, 5.41) is 0.678. The molecule has 2 aliphatic rings. The van der Waals surface area contributed by atoms with Crippen molar-refractivity contribution in [2.75, 3.05) is 39.3 Å². The van der Waals surface area contributed by atoms with Gasteiger partial charge in [-0.3, -0.25) is 9.69 Å². The molecule has 138 valence electrons. The lowest BCUT2D eigenvalue weighted by molar-refractivity contribution is 0.0417. The molecule has 0 aliphatic carbocycles. The lowest BCUT2D eigenvalue weighted by atomic mass is 10.2. The van der Waals surface area contributed by atoms with Gasteiger partial charge in [-0.15, -0.1) is 0 Å². The van der Waals surface area contributed by atoms with Crippen LogP contribution in [0.5, 0.6) is 0 Å². The third-order valence-electron chi connectivity index (χ3n) is 5.09. The highest BCUT2D eigenvalue weighted by Gasteiger charge is 2.26. The Morgan fingerprint density at radius 3 is 2.54 bits per heavy atom. The predicted octanol–water partition coefficient (Wildman–Crippen LogP) is 3.54. The Hall–Kier alpha value is -1.82. The average Bonchev–Trinajstić information content (AvgIpc) is 3.34. The summed E-state index contributed by atoms with van der Waals surface area (Å²) >= 11 is 5.92. The summed E-state index contributed by atoms with van der Waals surface area (Å²) in [5.41, 5.74) is 0.912. The minimum atomic E-state index is -0.0398. The molecule has 2 fully saturated rings. The molecule has 1 aromatic heterocycles. The van der Waals surface area contributed by atoms with Crippen molar-refractivity contribution in [3.05, 3.63) is 47.2 Å². The Balaban J connectivity index is 1.34. The maximum Gasteiger partial charge on any atom is 0.289 e. The Labute approximate surface area is 158 Å². The van der Waals surface area contributed by atoms with Crippen molar-refractivity contribution < 1.29 is 13.9 Å². The van der Waals surface area contributed by atoms with Gasteiger partial charge in [-0.25, -0.2) is 0 Å². The molecule has 1 atom stereocenters. The summed E-state index contributed by atoms with van der Waals surface area (Å²) in [6.07, 6.45) is 2.68. The van der Waals surface area contributed by atoms with Crippen LogP contribution in [0.1, 0.15) is 23.4 Å². The molecule has 1 aromatic carbocycles. The number of piperazine rings is 1. The van der Waals surface area contributed by atoms with Gasteiger partial charge in [0.05, 0.1) is 6.10 Å². The molecule has 0 radical (unpaired) electrons. The van der Waals surface area contributed by atoms with Gasteiger partial charge in [0, 0.05) is 49.9 Å². The van der Waals surface area contributed by atoms with Gasteiger partial charge in [-0.05, 0) is 49.2 Å². The largest absolute Gasteiger partial charge is 0.451 e. The fourth-order valence-corrected chi connectivity index (χ4v) is 3.71. The van der Waals surface area contributed by atoms with E-state index in [1.807, 2.05) is 35.2 Å². The SMILES string of the molecule is O=C(c1ccc(-c2ccc(Cl)cc2)o1)N1CCN(CC2CCCO2)CC1. The maximum atomic E-state index is 12.7. The van der Waals surface area contributed by atoms with Gasteiger partial charge in [0.25, 0.3) is 5.91 Å². The lowest BCUT2D eigenvalue weighted by Gasteiger charge is -2.35. The van der Waals surface area contributed by atoms with Gasteiger partial charge in [0.15, 0.2) is 5.76 Å². The standard InChI is InChI=1S/C20H23ClN2O3/c21-16-5-3-15(4-6-16)18-7-8-19(26-18)20(24)23-11-9-22(10-12-23)14-17-2-1-13-25-17/h3-8,17H,1-2,9-14H2. The first-order chi connectivity index (χ1) is 12.7. The van der Waals surface area contributed by atoms with E-state index in [-0.39, 0.29) is 5.91 Å². The van der Waals surface area contributed by atoms with Crippen LogP contribution in [0.3, 0.4) is 0 Å². The lowest BCUT2D eigenvalue weighted by Crippen LogP contribution is -2.50. The molecule has 2 saturated heterocycles. The number of nitrogens with zero attached hydrogens (tertiary/aromatic N) is 2. The summed E-state index contributed by atoms with van der Waals surface area (Å²) in [6, 6.07) is 11.0. The molecule has 0 saturated carbocycles. The van der Waals surface area contributed by atoms with E-state index in [4.69, 9.17) is 20.8 Å². The van der Waals surface area contributed by atoms with Gasteiger partial charge in [-0.2, -0.15) is 0 Å². The van der Waals surface area contributed by atoms with Crippen LogP contribution in [0.15, 0.2) is 40.8 Å². The summed E-state index contributed by atoms with van der Waals surface area (Å²) in [4.78, 5) is 17.0. The molecule has 26 heavy (non-hydrogen) atoms. The normalized spacial score (nSPS) is 21.3. The molecule has 5 nitrogen and oxygen atoms in total. The van der Waals surface area contributed by atoms with Crippen molar-refractivity contribution in [1.29, 1.82) is 0 Å². The van der Waals surface area contributed by atoms with Crippen molar-refractivity contribution in [3.63, 3.8) is 0 Å². The van der Waals surface area contributed by atoms with E-state index in [2.05, 4.69) is 4.90 Å². The number of carbonyl (C=O) groups excluding carboxylic acids is 1. The van der Waals surface area contributed by atoms with E-state index in [9.17, 15) is 4.79 Å². The van der Waals surface area contributed by atoms with Gasteiger partial charge >= 0.3 is 0 Å². The fourth-order valence-electron chi connectivity index (χ4n) is 3.59. The summed E-state index contributed by atoms with van der Waals surface area (Å²) in [5.74, 6) is 1.03. The van der Waals surface area contributed by atoms with E-state index >= 15 is 0 Å². The number of hydrogen-bond donors (Lipinski definition) is 0. The highest BCUT2D eigenvalue weighted by atomic mass is 35.5. The monoisotopic (exact) mass is 374 g/mol. The van der Waals surface area contributed by atoms with E-state index in [0.29, 0.717) is 22.6 Å². The maximum absolute atomic E-state index is 12.7. The number of benzene rings is 1. The van der Waals surface area contributed by atoms with Crippen LogP contribution in [0.25, 0.3) is 11.3 Å². The third kappa shape index (κ3) is 3.95. The van der Waals surface area contributed by atoms with Crippen LogP contribution in [-0.4, -0.2) is 61.1 Å². The number of halogens is 1. The first-order valence-electron chi connectivity index (χ1n) is 9.18. The van der Waals surface area contributed by atoms with Crippen molar-refractivity contribution in [2.45, 2.75) is 18.9 Å². The van der Waals surface area contributed by atoms with Crippen LogP contribution in [-0.2, 0) is 4.74 Å². The topological polar surface area (TPSA) is 45.9 Å². The second kappa shape index (κ2) is 7.82. The highest BCUT2D eigenvalue weighted by Crippen LogP contribution is 2.25. The Bertz CT molecular complexity index is 745. The Morgan fingerprint density at radius 1 is 1.08 bits per heavy atom. The van der Waals surface area contributed by atoms with E-state index < -0.39 is 0 Å². The van der Waals surface area contributed by atoms with E-state index in [1.165, 1.54) is 0 Å². The van der Waals surface area contributed by atoms with Gasteiger partial charge < -0.3 is 14.1 Å².